The molecule has 1 aromatic heterocycles. The molecule has 0 saturated heterocycles. The van der Waals surface area contributed by atoms with E-state index in [9.17, 15) is 0 Å². The zero-order valence-electron chi connectivity index (χ0n) is 12.9. The number of aromatic nitrogens is 2. The largest absolute Gasteiger partial charge is 0.370 e. The van der Waals surface area contributed by atoms with Gasteiger partial charge in [-0.15, -0.1) is 24.0 Å². The van der Waals surface area contributed by atoms with E-state index >= 15 is 0 Å². The van der Waals surface area contributed by atoms with E-state index in [4.69, 9.17) is 5.73 Å². The maximum atomic E-state index is 5.89. The molecule has 0 amide bonds. The van der Waals surface area contributed by atoms with Crippen LogP contribution in [0.5, 0.6) is 0 Å². The molecule has 1 aromatic carbocycles. The number of anilines is 2. The highest BCUT2D eigenvalue weighted by molar-refractivity contribution is 14.0. The standard InChI is InChI=1S/C15H20N6.HI/c1-11-5-4-6-12(9-11)19-14(16)18-10-13-7-8-17-15(20-13)21(2)3;/h4-9H,10H2,1-3H3,(H3,16,18,19);1H. The Morgan fingerprint density at radius 1 is 1.32 bits per heavy atom. The molecule has 0 aliphatic heterocycles. The van der Waals surface area contributed by atoms with Crippen LogP contribution in [0.2, 0.25) is 0 Å². The minimum atomic E-state index is 0. The molecule has 0 aliphatic carbocycles. The summed E-state index contributed by atoms with van der Waals surface area (Å²) in [4.78, 5) is 14.7. The van der Waals surface area contributed by atoms with Crippen LogP contribution in [0.4, 0.5) is 11.6 Å². The maximum Gasteiger partial charge on any atom is 0.225 e. The first-order valence-electron chi connectivity index (χ1n) is 6.67. The number of nitrogens with two attached hydrogens (primary N) is 1. The molecule has 6 nitrogen and oxygen atoms in total. The number of aryl methyl sites for hydroxylation is 1. The third-order valence-electron chi connectivity index (χ3n) is 2.80. The third kappa shape index (κ3) is 5.47. The van der Waals surface area contributed by atoms with Gasteiger partial charge in [-0.25, -0.2) is 15.0 Å². The molecule has 0 unspecified atom stereocenters. The Morgan fingerprint density at radius 2 is 2.09 bits per heavy atom. The Balaban J connectivity index is 0.00000242. The van der Waals surface area contributed by atoms with Gasteiger partial charge in [0.25, 0.3) is 0 Å². The molecule has 0 radical (unpaired) electrons. The number of hydrogen-bond donors (Lipinski definition) is 2. The van der Waals surface area contributed by atoms with Crippen molar-refractivity contribution in [1.29, 1.82) is 0 Å². The number of benzene rings is 1. The molecule has 2 rings (SSSR count). The van der Waals surface area contributed by atoms with Crippen LogP contribution >= 0.6 is 24.0 Å². The fourth-order valence-corrected chi connectivity index (χ4v) is 1.76. The lowest BCUT2D eigenvalue weighted by Gasteiger charge is -2.10. The molecule has 22 heavy (non-hydrogen) atoms. The first-order valence-corrected chi connectivity index (χ1v) is 6.67. The monoisotopic (exact) mass is 412 g/mol. The highest BCUT2D eigenvalue weighted by Gasteiger charge is 2.01. The van der Waals surface area contributed by atoms with E-state index < -0.39 is 0 Å². The van der Waals surface area contributed by atoms with Gasteiger partial charge in [0.15, 0.2) is 5.96 Å². The fraction of sp³-hybridized carbons (Fsp3) is 0.267. The van der Waals surface area contributed by atoms with E-state index in [1.54, 1.807) is 6.20 Å². The van der Waals surface area contributed by atoms with Crippen LogP contribution in [0.3, 0.4) is 0 Å². The molecule has 0 spiro atoms. The molecular weight excluding hydrogens is 391 g/mol. The van der Waals surface area contributed by atoms with Crippen molar-refractivity contribution in [3.63, 3.8) is 0 Å². The number of hydrogen-bond acceptors (Lipinski definition) is 4. The van der Waals surface area contributed by atoms with E-state index in [1.165, 1.54) is 5.56 Å². The van der Waals surface area contributed by atoms with Gasteiger partial charge in [-0.1, -0.05) is 12.1 Å². The van der Waals surface area contributed by atoms with Gasteiger partial charge in [0.05, 0.1) is 12.2 Å². The summed E-state index contributed by atoms with van der Waals surface area (Å²) in [5.41, 5.74) is 8.80. The minimum Gasteiger partial charge on any atom is -0.370 e. The molecule has 0 saturated carbocycles. The van der Waals surface area contributed by atoms with Gasteiger partial charge in [-0.2, -0.15) is 0 Å². The topological polar surface area (TPSA) is 79.4 Å². The zero-order valence-corrected chi connectivity index (χ0v) is 15.3. The van der Waals surface area contributed by atoms with Gasteiger partial charge in [0, 0.05) is 26.0 Å². The molecule has 1 heterocycles. The van der Waals surface area contributed by atoms with E-state index in [0.717, 1.165) is 11.4 Å². The molecule has 118 valence electrons. The SMILES string of the molecule is Cc1cccc(NC(N)=NCc2ccnc(N(C)C)n2)c1.I. The Kier molecular flexibility index (Phi) is 7.03. The maximum absolute atomic E-state index is 5.89. The van der Waals surface area contributed by atoms with Crippen molar-refractivity contribution in [2.24, 2.45) is 10.7 Å². The second-order valence-corrected chi connectivity index (χ2v) is 4.94. The number of rotatable bonds is 4. The summed E-state index contributed by atoms with van der Waals surface area (Å²) < 4.78 is 0. The van der Waals surface area contributed by atoms with Crippen LogP contribution in [-0.2, 0) is 6.54 Å². The molecule has 0 aliphatic rings. The summed E-state index contributed by atoms with van der Waals surface area (Å²) in [6.07, 6.45) is 1.72. The van der Waals surface area contributed by atoms with Gasteiger partial charge in [-0.3, -0.25) is 0 Å². The average Bonchev–Trinajstić information content (AvgIpc) is 2.45. The molecular formula is C15H21IN6. The summed E-state index contributed by atoms with van der Waals surface area (Å²) >= 11 is 0. The van der Waals surface area contributed by atoms with Crippen LogP contribution in [0.15, 0.2) is 41.5 Å². The van der Waals surface area contributed by atoms with Crippen LogP contribution in [0, 0.1) is 6.92 Å². The quantitative estimate of drug-likeness (QED) is 0.458. The van der Waals surface area contributed by atoms with Crippen molar-refractivity contribution in [2.45, 2.75) is 13.5 Å². The van der Waals surface area contributed by atoms with Crippen molar-refractivity contribution < 1.29 is 0 Å². The van der Waals surface area contributed by atoms with Crippen LogP contribution < -0.4 is 16.0 Å². The predicted octanol–water partition coefficient (Wildman–Crippen LogP) is 2.40. The molecule has 0 atom stereocenters. The zero-order chi connectivity index (χ0) is 15.2. The Hall–Kier alpha value is -1.90. The highest BCUT2D eigenvalue weighted by Crippen LogP contribution is 2.09. The summed E-state index contributed by atoms with van der Waals surface area (Å²) in [6, 6.07) is 9.79. The summed E-state index contributed by atoms with van der Waals surface area (Å²) in [6.45, 7) is 2.44. The number of nitrogens with zero attached hydrogens (tertiary/aromatic N) is 4. The fourth-order valence-electron chi connectivity index (χ4n) is 1.76. The highest BCUT2D eigenvalue weighted by atomic mass is 127. The Bertz CT molecular complexity index is 641. The van der Waals surface area contributed by atoms with Crippen molar-refractivity contribution in [3.8, 4) is 0 Å². The third-order valence-corrected chi connectivity index (χ3v) is 2.80. The van der Waals surface area contributed by atoms with Crippen molar-refractivity contribution in [2.75, 3.05) is 24.3 Å². The lowest BCUT2D eigenvalue weighted by atomic mass is 10.2. The van der Waals surface area contributed by atoms with Gasteiger partial charge in [0.2, 0.25) is 5.95 Å². The van der Waals surface area contributed by atoms with Gasteiger partial charge >= 0.3 is 0 Å². The number of nitrogens with one attached hydrogen (secondary N) is 1. The van der Waals surface area contributed by atoms with Gasteiger partial charge < -0.3 is 16.0 Å². The van der Waals surface area contributed by atoms with Crippen LogP contribution in [0.1, 0.15) is 11.3 Å². The van der Waals surface area contributed by atoms with Crippen molar-refractivity contribution in [3.05, 3.63) is 47.8 Å². The first kappa shape index (κ1) is 18.1. The summed E-state index contributed by atoms with van der Waals surface area (Å²) in [7, 11) is 3.80. The van der Waals surface area contributed by atoms with Crippen molar-refractivity contribution >= 4 is 41.6 Å². The summed E-state index contributed by atoms with van der Waals surface area (Å²) in [5, 5.41) is 3.06. The first-order chi connectivity index (χ1) is 10.0. The smallest absolute Gasteiger partial charge is 0.225 e. The van der Waals surface area contributed by atoms with E-state index in [1.807, 2.05) is 56.3 Å². The minimum absolute atomic E-state index is 0. The van der Waals surface area contributed by atoms with Crippen LogP contribution in [-0.4, -0.2) is 30.0 Å². The molecule has 0 bridgehead atoms. The van der Waals surface area contributed by atoms with Gasteiger partial charge in [0.1, 0.15) is 0 Å². The van der Waals surface area contributed by atoms with Crippen molar-refractivity contribution in [1.82, 2.24) is 9.97 Å². The van der Waals surface area contributed by atoms with Crippen LogP contribution in [0.25, 0.3) is 0 Å². The van der Waals surface area contributed by atoms with E-state index in [0.29, 0.717) is 18.5 Å². The molecule has 0 fully saturated rings. The second-order valence-electron chi connectivity index (χ2n) is 4.94. The average molecular weight is 412 g/mol. The lowest BCUT2D eigenvalue weighted by Crippen LogP contribution is -2.22. The molecule has 2 aromatic rings. The molecule has 7 heteroatoms. The number of aliphatic imine (C=N–C) groups is 1. The van der Waals surface area contributed by atoms with E-state index in [-0.39, 0.29) is 24.0 Å². The van der Waals surface area contributed by atoms with E-state index in [2.05, 4.69) is 20.3 Å². The predicted molar refractivity (Wildman–Crippen MR) is 102 cm³/mol. The lowest BCUT2D eigenvalue weighted by molar-refractivity contribution is 0.921. The summed E-state index contributed by atoms with van der Waals surface area (Å²) in [5.74, 6) is 1.03. The second kappa shape index (κ2) is 8.52. The number of guanidine groups is 1. The Labute approximate surface area is 147 Å². The number of halogens is 1. The Morgan fingerprint density at radius 3 is 2.77 bits per heavy atom. The molecule has 3 N–H and O–H groups in total. The normalized spacial score (nSPS) is 10.8. The van der Waals surface area contributed by atoms with Gasteiger partial charge in [-0.05, 0) is 30.7 Å².